The first-order chi connectivity index (χ1) is 10.5. The van der Waals surface area contributed by atoms with Crippen LogP contribution in [0.25, 0.3) is 16.9 Å². The molecule has 0 radical (unpaired) electrons. The maximum Gasteiger partial charge on any atom is 0.355 e. The molecule has 0 atom stereocenters. The number of fused-ring (bicyclic) bond motifs is 1. The topological polar surface area (TPSA) is 54.6 Å². The van der Waals surface area contributed by atoms with E-state index in [2.05, 4.69) is 18.8 Å². The molecule has 0 unspecified atom stereocenters. The highest BCUT2D eigenvalue weighted by Gasteiger charge is 2.20. The second-order valence-corrected chi connectivity index (χ2v) is 5.83. The molecule has 0 aliphatic heterocycles. The van der Waals surface area contributed by atoms with Gasteiger partial charge in [-0.3, -0.25) is 4.40 Å². The average molecular weight is 294 g/mol. The van der Waals surface area contributed by atoms with Gasteiger partial charge in [-0.1, -0.05) is 44.2 Å². The molecule has 0 aliphatic carbocycles. The van der Waals surface area contributed by atoms with Crippen LogP contribution in [0.3, 0.4) is 0 Å². The van der Waals surface area contributed by atoms with Crippen LogP contribution in [0, 0.1) is 6.92 Å². The molecule has 0 aliphatic rings. The highest BCUT2D eigenvalue weighted by Crippen LogP contribution is 2.26. The van der Waals surface area contributed by atoms with Gasteiger partial charge in [-0.2, -0.15) is 0 Å². The largest absolute Gasteiger partial charge is 0.476 e. The molecule has 4 nitrogen and oxygen atoms in total. The van der Waals surface area contributed by atoms with E-state index in [1.807, 2.05) is 43.3 Å². The van der Waals surface area contributed by atoms with Crippen molar-refractivity contribution in [2.75, 3.05) is 0 Å². The molecule has 1 aromatic carbocycles. The fourth-order valence-electron chi connectivity index (χ4n) is 2.58. The summed E-state index contributed by atoms with van der Waals surface area (Å²) in [5, 5.41) is 9.59. The van der Waals surface area contributed by atoms with E-state index in [1.54, 1.807) is 10.6 Å². The van der Waals surface area contributed by atoms with Crippen molar-refractivity contribution in [3.63, 3.8) is 0 Å². The van der Waals surface area contributed by atoms with Crippen molar-refractivity contribution in [1.29, 1.82) is 0 Å². The number of pyridine rings is 1. The molecule has 4 heteroatoms. The first kappa shape index (κ1) is 14.3. The third-order valence-electron chi connectivity index (χ3n) is 3.82. The Morgan fingerprint density at radius 1 is 1.14 bits per heavy atom. The van der Waals surface area contributed by atoms with Gasteiger partial charge in [0, 0.05) is 11.8 Å². The summed E-state index contributed by atoms with van der Waals surface area (Å²) in [7, 11) is 0. The number of imidazole rings is 1. The molecule has 0 spiro atoms. The summed E-state index contributed by atoms with van der Waals surface area (Å²) >= 11 is 0. The van der Waals surface area contributed by atoms with Crippen molar-refractivity contribution in [1.82, 2.24) is 9.38 Å². The predicted octanol–water partition coefficient (Wildman–Crippen LogP) is 4.13. The van der Waals surface area contributed by atoms with Crippen LogP contribution in [0.5, 0.6) is 0 Å². The molecule has 112 valence electrons. The first-order valence-electron chi connectivity index (χ1n) is 7.29. The Hall–Kier alpha value is -2.62. The Bertz CT molecular complexity index is 845. The lowest BCUT2D eigenvalue weighted by Crippen LogP contribution is -2.03. The van der Waals surface area contributed by atoms with E-state index in [0.717, 1.165) is 11.1 Å². The monoisotopic (exact) mass is 294 g/mol. The summed E-state index contributed by atoms with van der Waals surface area (Å²) in [6.07, 6.45) is 1.80. The lowest BCUT2D eigenvalue weighted by molar-refractivity contribution is 0.0690. The Morgan fingerprint density at radius 3 is 2.41 bits per heavy atom. The molecular weight excluding hydrogens is 276 g/mol. The van der Waals surface area contributed by atoms with Gasteiger partial charge in [-0.15, -0.1) is 0 Å². The van der Waals surface area contributed by atoms with Gasteiger partial charge in [0.15, 0.2) is 5.69 Å². The van der Waals surface area contributed by atoms with E-state index >= 15 is 0 Å². The number of rotatable bonds is 3. The maximum atomic E-state index is 11.7. The van der Waals surface area contributed by atoms with E-state index in [4.69, 9.17) is 0 Å². The lowest BCUT2D eigenvalue weighted by atomic mass is 10.0. The number of carbonyl (C=O) groups is 1. The van der Waals surface area contributed by atoms with Crippen LogP contribution in [0.4, 0.5) is 0 Å². The van der Waals surface area contributed by atoms with Crippen molar-refractivity contribution in [2.24, 2.45) is 0 Å². The van der Waals surface area contributed by atoms with Gasteiger partial charge in [0.25, 0.3) is 0 Å². The minimum atomic E-state index is -0.971. The molecular formula is C18H18N2O2. The SMILES string of the molecule is Cc1ccc2nc(-c3ccc(C(C)C)cc3)c(C(=O)O)n2c1. The van der Waals surface area contributed by atoms with Crippen LogP contribution in [0.1, 0.15) is 41.4 Å². The number of benzene rings is 1. The number of aromatic carboxylic acids is 1. The predicted molar refractivity (Wildman–Crippen MR) is 86.4 cm³/mol. The number of nitrogens with zero attached hydrogens (tertiary/aromatic N) is 2. The molecule has 0 amide bonds. The van der Waals surface area contributed by atoms with Gasteiger partial charge in [0.1, 0.15) is 11.3 Å². The number of carboxylic acid groups (broad SMARTS) is 1. The van der Waals surface area contributed by atoms with Crippen LogP contribution in [-0.2, 0) is 0 Å². The third kappa shape index (κ3) is 2.37. The fraction of sp³-hybridized carbons (Fsp3) is 0.222. The number of hydrogen-bond acceptors (Lipinski definition) is 2. The summed E-state index contributed by atoms with van der Waals surface area (Å²) < 4.78 is 1.64. The minimum Gasteiger partial charge on any atom is -0.476 e. The Balaban J connectivity index is 2.21. The number of carboxylic acids is 1. The van der Waals surface area contributed by atoms with Crippen molar-refractivity contribution in [3.05, 3.63) is 59.4 Å². The van der Waals surface area contributed by atoms with Crippen molar-refractivity contribution >= 4 is 11.6 Å². The van der Waals surface area contributed by atoms with Crippen molar-refractivity contribution in [3.8, 4) is 11.3 Å². The van der Waals surface area contributed by atoms with Crippen LogP contribution in [-0.4, -0.2) is 20.5 Å². The Kier molecular flexibility index (Phi) is 3.45. The maximum absolute atomic E-state index is 11.7. The quantitative estimate of drug-likeness (QED) is 0.790. The number of aromatic nitrogens is 2. The molecule has 0 fully saturated rings. The molecule has 22 heavy (non-hydrogen) atoms. The van der Waals surface area contributed by atoms with E-state index < -0.39 is 5.97 Å². The fourth-order valence-corrected chi connectivity index (χ4v) is 2.58. The third-order valence-corrected chi connectivity index (χ3v) is 3.82. The lowest BCUT2D eigenvalue weighted by Gasteiger charge is -2.06. The normalized spacial score (nSPS) is 11.3. The smallest absolute Gasteiger partial charge is 0.355 e. The van der Waals surface area contributed by atoms with Crippen molar-refractivity contribution in [2.45, 2.75) is 26.7 Å². The molecule has 0 saturated heterocycles. The summed E-state index contributed by atoms with van der Waals surface area (Å²) in [5.74, 6) is -0.530. The standard InChI is InChI=1S/C18H18N2O2/c1-11(2)13-5-7-14(8-6-13)16-17(18(21)22)20-10-12(3)4-9-15(20)19-16/h4-11H,1-3H3,(H,21,22). The second-order valence-electron chi connectivity index (χ2n) is 5.83. The zero-order valence-corrected chi connectivity index (χ0v) is 12.9. The van der Waals surface area contributed by atoms with E-state index in [0.29, 0.717) is 17.3 Å². The molecule has 3 aromatic rings. The van der Waals surface area contributed by atoms with Gasteiger partial charge in [-0.25, -0.2) is 9.78 Å². The highest BCUT2D eigenvalue weighted by molar-refractivity contribution is 5.94. The molecule has 2 aromatic heterocycles. The Labute approximate surface area is 129 Å². The van der Waals surface area contributed by atoms with Gasteiger partial charge in [0.05, 0.1) is 0 Å². The molecule has 0 saturated carbocycles. The van der Waals surface area contributed by atoms with Crippen LogP contribution in [0.2, 0.25) is 0 Å². The van der Waals surface area contributed by atoms with E-state index in [9.17, 15) is 9.90 Å². The van der Waals surface area contributed by atoms with Crippen molar-refractivity contribution < 1.29 is 9.90 Å². The zero-order chi connectivity index (χ0) is 15.9. The Morgan fingerprint density at radius 2 is 1.82 bits per heavy atom. The van der Waals surface area contributed by atoms with Gasteiger partial charge >= 0.3 is 5.97 Å². The van der Waals surface area contributed by atoms with Gasteiger partial charge in [-0.05, 0) is 30.0 Å². The average Bonchev–Trinajstić information content (AvgIpc) is 2.85. The number of aryl methyl sites for hydroxylation is 1. The van der Waals surface area contributed by atoms with Crippen LogP contribution >= 0.6 is 0 Å². The minimum absolute atomic E-state index is 0.205. The molecule has 3 rings (SSSR count). The molecule has 2 heterocycles. The zero-order valence-electron chi connectivity index (χ0n) is 12.9. The van der Waals surface area contributed by atoms with E-state index in [-0.39, 0.29) is 5.69 Å². The molecule has 0 bridgehead atoms. The summed E-state index contributed by atoms with van der Waals surface area (Å²) in [6, 6.07) is 11.7. The summed E-state index contributed by atoms with van der Waals surface area (Å²) in [6.45, 7) is 6.19. The number of hydrogen-bond donors (Lipinski definition) is 1. The van der Waals surface area contributed by atoms with Crippen LogP contribution in [0.15, 0.2) is 42.6 Å². The first-order valence-corrected chi connectivity index (χ1v) is 7.29. The second kappa shape index (κ2) is 5.30. The van der Waals surface area contributed by atoms with E-state index in [1.165, 1.54) is 5.56 Å². The van der Waals surface area contributed by atoms with Gasteiger partial charge < -0.3 is 5.11 Å². The van der Waals surface area contributed by atoms with Gasteiger partial charge in [0.2, 0.25) is 0 Å². The highest BCUT2D eigenvalue weighted by atomic mass is 16.4. The summed E-state index contributed by atoms with van der Waals surface area (Å²) in [5.41, 5.74) is 4.40. The summed E-state index contributed by atoms with van der Waals surface area (Å²) in [4.78, 5) is 16.2. The van der Waals surface area contributed by atoms with Crippen LogP contribution < -0.4 is 0 Å². The molecule has 1 N–H and O–H groups in total.